The SMILES string of the molecule is COC(=O)Nc1ccc(N(O)C(=O)CN2CC[N+](C)(CC(=O)N(O)c3ccc(NC(=O)OC)c(OC)c3)CC2)cc1OC. The lowest BCUT2D eigenvalue weighted by Crippen LogP contribution is -2.61. The molecule has 0 aliphatic carbocycles. The fraction of sp³-hybridized carbons (Fsp3) is 0.407. The quantitative estimate of drug-likeness (QED) is 0.177. The van der Waals surface area contributed by atoms with Gasteiger partial charge < -0.3 is 23.4 Å². The van der Waals surface area contributed by atoms with Crippen molar-refractivity contribution in [2.24, 2.45) is 0 Å². The van der Waals surface area contributed by atoms with Crippen molar-refractivity contribution in [3.63, 3.8) is 0 Å². The number of hydroxylamine groups is 2. The van der Waals surface area contributed by atoms with Crippen molar-refractivity contribution in [1.82, 2.24) is 4.90 Å². The van der Waals surface area contributed by atoms with Gasteiger partial charge >= 0.3 is 18.1 Å². The van der Waals surface area contributed by atoms with Gasteiger partial charge in [-0.25, -0.2) is 9.59 Å². The van der Waals surface area contributed by atoms with Crippen LogP contribution < -0.4 is 30.2 Å². The first-order chi connectivity index (χ1) is 20.4. The molecule has 0 aromatic heterocycles. The van der Waals surface area contributed by atoms with Crippen LogP contribution in [0.3, 0.4) is 0 Å². The van der Waals surface area contributed by atoms with E-state index in [2.05, 4.69) is 20.1 Å². The molecule has 2 aromatic carbocycles. The van der Waals surface area contributed by atoms with Crippen molar-refractivity contribution in [3.05, 3.63) is 36.4 Å². The Hall–Kier alpha value is -4.64. The van der Waals surface area contributed by atoms with Gasteiger partial charge in [-0.3, -0.25) is 35.5 Å². The first-order valence-corrected chi connectivity index (χ1v) is 13.1. The summed E-state index contributed by atoms with van der Waals surface area (Å²) < 4.78 is 19.9. The molecule has 0 bridgehead atoms. The van der Waals surface area contributed by atoms with Gasteiger partial charge in [-0.2, -0.15) is 10.1 Å². The van der Waals surface area contributed by atoms with E-state index >= 15 is 0 Å². The third-order valence-corrected chi connectivity index (χ3v) is 6.96. The number of benzene rings is 2. The minimum Gasteiger partial charge on any atom is -0.494 e. The van der Waals surface area contributed by atoms with Crippen LogP contribution in [0.5, 0.6) is 11.5 Å². The topological polar surface area (TPSA) is 179 Å². The number of amides is 4. The van der Waals surface area contributed by atoms with Crippen molar-refractivity contribution in [2.75, 3.05) is 95.5 Å². The monoisotopic (exact) mass is 605 g/mol. The number of hydrogen-bond acceptors (Lipinski definition) is 11. The van der Waals surface area contributed by atoms with E-state index in [-0.39, 0.29) is 36.0 Å². The molecule has 4 N–H and O–H groups in total. The number of carbonyl (C=O) groups is 4. The number of quaternary nitrogens is 1. The summed E-state index contributed by atoms with van der Waals surface area (Å²) in [5.41, 5.74) is 0.905. The molecular formula is C27H37N6O10+. The standard InChI is InChI=1S/C27H36N6O10/c1-33(17-25(35)32(39)19-7-9-21(23(15-19)41-3)29-27(37)43-5)12-10-30(11-13-33)16-24(34)31(38)18-6-8-20(22(14-18)40-2)28-26(36)42-4/h6-9,14-15,38-39H,10-13,16-17H2,1-5H3,(H-,28,29,36,37)/p+1. The van der Waals surface area contributed by atoms with Gasteiger partial charge in [0.2, 0.25) is 0 Å². The van der Waals surface area contributed by atoms with Crippen molar-refractivity contribution in [3.8, 4) is 11.5 Å². The van der Waals surface area contributed by atoms with Crippen LogP contribution in [0.4, 0.5) is 32.3 Å². The molecule has 1 aliphatic rings. The van der Waals surface area contributed by atoms with Crippen LogP contribution in [-0.2, 0) is 19.1 Å². The van der Waals surface area contributed by atoms with Crippen LogP contribution >= 0.6 is 0 Å². The summed E-state index contributed by atoms with van der Waals surface area (Å²) in [5, 5.41) is 27.1. The van der Waals surface area contributed by atoms with Crippen LogP contribution in [0.15, 0.2) is 36.4 Å². The van der Waals surface area contributed by atoms with Crippen LogP contribution in [-0.4, -0.2) is 119 Å². The maximum Gasteiger partial charge on any atom is 0.411 e. The van der Waals surface area contributed by atoms with Gasteiger partial charge in [0.1, 0.15) is 11.5 Å². The number of ether oxygens (including phenoxy) is 4. The Bertz CT molecular complexity index is 1330. The third-order valence-electron chi connectivity index (χ3n) is 6.96. The van der Waals surface area contributed by atoms with Crippen molar-refractivity contribution in [2.45, 2.75) is 0 Å². The Morgan fingerprint density at radius 2 is 1.23 bits per heavy atom. The highest BCUT2D eigenvalue weighted by Crippen LogP contribution is 2.31. The molecule has 1 heterocycles. The summed E-state index contributed by atoms with van der Waals surface area (Å²) in [7, 11) is 7.09. The molecule has 43 heavy (non-hydrogen) atoms. The minimum absolute atomic E-state index is 0.0133. The summed E-state index contributed by atoms with van der Waals surface area (Å²) in [6.45, 7) is 1.84. The molecule has 0 saturated carbocycles. The van der Waals surface area contributed by atoms with E-state index < -0.39 is 24.0 Å². The fourth-order valence-corrected chi connectivity index (χ4v) is 4.40. The number of anilines is 4. The first kappa shape index (κ1) is 32.9. The zero-order valence-electron chi connectivity index (χ0n) is 24.7. The number of carbonyl (C=O) groups excluding carboxylic acids is 4. The van der Waals surface area contributed by atoms with Crippen molar-refractivity contribution in [1.29, 1.82) is 0 Å². The molecule has 1 fully saturated rings. The zero-order valence-corrected chi connectivity index (χ0v) is 24.7. The number of rotatable bonds is 10. The van der Waals surface area contributed by atoms with Gasteiger partial charge in [0.25, 0.3) is 5.91 Å². The molecule has 1 aliphatic heterocycles. The maximum atomic E-state index is 13.0. The largest absolute Gasteiger partial charge is 0.494 e. The Morgan fingerprint density at radius 3 is 1.65 bits per heavy atom. The second kappa shape index (κ2) is 14.5. The Balaban J connectivity index is 1.56. The third kappa shape index (κ3) is 8.45. The average Bonchev–Trinajstić information content (AvgIpc) is 3.01. The number of hydrogen-bond donors (Lipinski definition) is 4. The Labute approximate surface area is 248 Å². The summed E-state index contributed by atoms with van der Waals surface area (Å²) in [5.74, 6) is -0.693. The molecule has 3 rings (SSSR count). The normalized spacial score (nSPS) is 14.2. The highest BCUT2D eigenvalue weighted by atomic mass is 16.5. The van der Waals surface area contributed by atoms with Gasteiger partial charge in [-0.05, 0) is 24.3 Å². The highest BCUT2D eigenvalue weighted by Gasteiger charge is 2.34. The van der Waals surface area contributed by atoms with Crippen molar-refractivity contribution < 1.29 is 53.0 Å². The van der Waals surface area contributed by atoms with E-state index in [1.165, 1.54) is 64.8 Å². The molecule has 0 radical (unpaired) electrons. The molecule has 0 atom stereocenters. The number of nitrogens with one attached hydrogen (secondary N) is 2. The minimum atomic E-state index is -0.698. The lowest BCUT2D eigenvalue weighted by atomic mass is 10.2. The molecule has 0 spiro atoms. The van der Waals surface area contributed by atoms with Gasteiger partial charge in [-0.1, -0.05) is 0 Å². The van der Waals surface area contributed by atoms with Gasteiger partial charge in [0.15, 0.2) is 6.54 Å². The Kier molecular flexibility index (Phi) is 11.1. The maximum absolute atomic E-state index is 13.0. The van der Waals surface area contributed by atoms with Crippen LogP contribution in [0.1, 0.15) is 0 Å². The first-order valence-electron chi connectivity index (χ1n) is 13.1. The van der Waals surface area contributed by atoms with Crippen LogP contribution in [0.2, 0.25) is 0 Å². The Morgan fingerprint density at radius 1 is 0.791 bits per heavy atom. The molecule has 234 valence electrons. The predicted molar refractivity (Wildman–Crippen MR) is 154 cm³/mol. The van der Waals surface area contributed by atoms with E-state index in [1.807, 2.05) is 11.9 Å². The molecule has 2 aromatic rings. The summed E-state index contributed by atoms with van der Waals surface area (Å²) in [4.78, 5) is 50.7. The lowest BCUT2D eigenvalue weighted by molar-refractivity contribution is -0.906. The van der Waals surface area contributed by atoms with E-state index in [0.29, 0.717) is 52.2 Å². The smallest absolute Gasteiger partial charge is 0.411 e. The van der Waals surface area contributed by atoms with E-state index in [0.717, 1.165) is 0 Å². The van der Waals surface area contributed by atoms with Crippen LogP contribution in [0.25, 0.3) is 0 Å². The van der Waals surface area contributed by atoms with Gasteiger partial charge in [0, 0.05) is 25.2 Å². The van der Waals surface area contributed by atoms with Gasteiger partial charge in [-0.15, -0.1) is 0 Å². The lowest BCUT2D eigenvalue weighted by Gasteiger charge is -2.41. The number of piperazine rings is 1. The molecule has 4 amide bonds. The number of likely N-dealkylation sites (N-methyl/N-ethyl adjacent to an activating group) is 1. The molecular weight excluding hydrogens is 568 g/mol. The number of methoxy groups -OCH3 is 4. The zero-order chi connectivity index (χ0) is 31.7. The second-order valence-electron chi connectivity index (χ2n) is 9.91. The van der Waals surface area contributed by atoms with E-state index in [1.54, 1.807) is 0 Å². The summed E-state index contributed by atoms with van der Waals surface area (Å²) >= 11 is 0. The molecule has 0 unspecified atom stereocenters. The van der Waals surface area contributed by atoms with E-state index in [4.69, 9.17) is 9.47 Å². The summed E-state index contributed by atoms with van der Waals surface area (Å²) in [6, 6.07) is 8.65. The molecule has 16 heteroatoms. The van der Waals surface area contributed by atoms with Crippen LogP contribution in [0, 0.1) is 0 Å². The fourth-order valence-electron chi connectivity index (χ4n) is 4.40. The van der Waals surface area contributed by atoms with Crippen molar-refractivity contribution >= 4 is 46.8 Å². The van der Waals surface area contributed by atoms with E-state index in [9.17, 15) is 29.6 Å². The van der Waals surface area contributed by atoms with Gasteiger partial charge in [0.05, 0.1) is 77.9 Å². The highest BCUT2D eigenvalue weighted by molar-refractivity contribution is 5.95. The predicted octanol–water partition coefficient (Wildman–Crippen LogP) is 1.97. The molecule has 16 nitrogen and oxygen atoms in total. The molecule has 1 saturated heterocycles. The number of nitrogens with zero attached hydrogens (tertiary/aromatic N) is 4. The second-order valence-corrected chi connectivity index (χ2v) is 9.91. The summed E-state index contributed by atoms with van der Waals surface area (Å²) in [6.07, 6.45) is -1.40. The average molecular weight is 606 g/mol.